The molecule has 31 heavy (non-hydrogen) atoms. The predicted octanol–water partition coefficient (Wildman–Crippen LogP) is 3.15. The molecule has 2 N–H and O–H groups in total. The van der Waals surface area contributed by atoms with Crippen molar-refractivity contribution in [2.45, 2.75) is 37.6 Å². The molecule has 0 radical (unpaired) electrons. The van der Waals surface area contributed by atoms with Crippen LogP contribution >= 0.6 is 0 Å². The van der Waals surface area contributed by atoms with E-state index in [0.717, 1.165) is 18.4 Å². The van der Waals surface area contributed by atoms with Gasteiger partial charge in [0.25, 0.3) is 15.9 Å². The third kappa shape index (κ3) is 5.97. The third-order valence-electron chi connectivity index (χ3n) is 4.97. The van der Waals surface area contributed by atoms with Crippen LogP contribution in [0.4, 0.5) is 10.5 Å². The normalized spacial score (nSPS) is 16.5. The Morgan fingerprint density at radius 3 is 2.68 bits per heavy atom. The highest BCUT2D eigenvalue weighted by atomic mass is 32.2. The summed E-state index contributed by atoms with van der Waals surface area (Å²) < 4.78 is 33.1. The summed E-state index contributed by atoms with van der Waals surface area (Å²) in [4.78, 5) is 26.3. The molecule has 1 aliphatic heterocycles. The molecule has 2 aromatic carbocycles. The highest BCUT2D eigenvalue weighted by Crippen LogP contribution is 2.20. The summed E-state index contributed by atoms with van der Waals surface area (Å²) in [6.07, 6.45) is 0.977. The number of amides is 2. The third-order valence-corrected chi connectivity index (χ3v) is 6.35. The first kappa shape index (κ1) is 22.6. The number of likely N-dealkylation sites (tertiary alicyclic amines) is 1. The Kier molecular flexibility index (Phi) is 7.17. The van der Waals surface area contributed by atoms with E-state index in [1.165, 1.54) is 12.1 Å². The van der Waals surface area contributed by atoms with Crippen LogP contribution in [0, 0.1) is 6.92 Å². The maximum Gasteiger partial charge on any atom is 0.407 e. The molecule has 8 nitrogen and oxygen atoms in total. The summed E-state index contributed by atoms with van der Waals surface area (Å²) in [5.74, 6) is -0.275. The van der Waals surface area contributed by atoms with Crippen molar-refractivity contribution < 1.29 is 22.7 Å². The van der Waals surface area contributed by atoms with E-state index in [1.54, 1.807) is 42.2 Å². The number of sulfonamides is 1. The molecule has 2 amide bonds. The van der Waals surface area contributed by atoms with Crippen molar-refractivity contribution in [1.29, 1.82) is 0 Å². The lowest BCUT2D eigenvalue weighted by atomic mass is 10.0. The van der Waals surface area contributed by atoms with Gasteiger partial charge in [0, 0.05) is 30.4 Å². The molecule has 1 heterocycles. The molecule has 166 valence electrons. The molecular formula is C22H27N3O5S. The molecule has 9 heteroatoms. The number of carbonyl (C=O) groups excluding carboxylic acids is 2. The Morgan fingerprint density at radius 2 is 1.94 bits per heavy atom. The number of alkyl carbamates (subject to hydrolysis) is 1. The van der Waals surface area contributed by atoms with Crippen LogP contribution in [0.3, 0.4) is 0 Å². The summed E-state index contributed by atoms with van der Waals surface area (Å²) in [5.41, 5.74) is 1.67. The van der Waals surface area contributed by atoms with Gasteiger partial charge in [0.05, 0.1) is 11.5 Å². The number of rotatable bonds is 6. The Balaban J connectivity index is 1.73. The van der Waals surface area contributed by atoms with Gasteiger partial charge in [-0.15, -0.1) is 0 Å². The van der Waals surface area contributed by atoms with Crippen LogP contribution in [0.5, 0.6) is 0 Å². The number of piperidine rings is 1. The zero-order chi connectivity index (χ0) is 22.4. The Morgan fingerprint density at radius 1 is 1.16 bits per heavy atom. The van der Waals surface area contributed by atoms with Gasteiger partial charge < -0.3 is 15.0 Å². The van der Waals surface area contributed by atoms with E-state index < -0.39 is 16.1 Å². The van der Waals surface area contributed by atoms with E-state index >= 15 is 0 Å². The van der Waals surface area contributed by atoms with Crippen molar-refractivity contribution in [1.82, 2.24) is 10.2 Å². The minimum atomic E-state index is -3.84. The minimum absolute atomic E-state index is 0.0121. The quantitative estimate of drug-likeness (QED) is 0.711. The molecule has 1 fully saturated rings. The number of carbonyl (C=O) groups is 2. The number of benzene rings is 2. The van der Waals surface area contributed by atoms with Crippen LogP contribution in [-0.4, -0.2) is 51.1 Å². The minimum Gasteiger partial charge on any atom is -0.450 e. The number of nitrogens with one attached hydrogen (secondary N) is 2. The van der Waals surface area contributed by atoms with Crippen molar-refractivity contribution >= 4 is 27.7 Å². The largest absolute Gasteiger partial charge is 0.450 e. The van der Waals surface area contributed by atoms with Gasteiger partial charge in [-0.1, -0.05) is 18.2 Å². The molecule has 0 bridgehead atoms. The van der Waals surface area contributed by atoms with E-state index in [2.05, 4.69) is 10.0 Å². The Hall–Kier alpha value is -3.07. The van der Waals surface area contributed by atoms with E-state index in [9.17, 15) is 18.0 Å². The molecule has 1 saturated heterocycles. The summed E-state index contributed by atoms with van der Waals surface area (Å²) in [6.45, 7) is 4.76. The SMILES string of the molecule is CCOC(=O)NC1CCCN(C(=O)c2cccc(S(=O)(=O)Nc3cccc(C)c3)c2)C1. The number of hydrogen-bond acceptors (Lipinski definition) is 5. The Labute approximate surface area is 182 Å². The van der Waals surface area contributed by atoms with Gasteiger partial charge in [-0.25, -0.2) is 13.2 Å². The average molecular weight is 446 g/mol. The zero-order valence-corrected chi connectivity index (χ0v) is 18.4. The number of aryl methyl sites for hydroxylation is 1. The fourth-order valence-electron chi connectivity index (χ4n) is 3.52. The number of nitrogens with zero attached hydrogens (tertiary/aromatic N) is 1. The molecule has 0 spiro atoms. The van der Waals surface area contributed by atoms with Gasteiger partial charge in [-0.05, 0) is 62.6 Å². The molecule has 0 aromatic heterocycles. The first-order chi connectivity index (χ1) is 14.8. The summed E-state index contributed by atoms with van der Waals surface area (Å²) in [6, 6.07) is 12.8. The van der Waals surface area contributed by atoms with Crippen LogP contribution < -0.4 is 10.0 Å². The number of ether oxygens (including phenoxy) is 1. The predicted molar refractivity (Wildman–Crippen MR) is 118 cm³/mol. The standard InChI is InChI=1S/C22H27N3O5S/c1-3-30-22(27)23-19-10-6-12-25(15-19)21(26)17-8-5-11-20(14-17)31(28,29)24-18-9-4-7-16(2)13-18/h4-5,7-9,11,13-14,19,24H,3,6,10,12,15H2,1-2H3,(H,23,27). The highest BCUT2D eigenvalue weighted by Gasteiger charge is 2.26. The molecule has 2 aromatic rings. The van der Waals surface area contributed by atoms with Crippen molar-refractivity contribution in [2.75, 3.05) is 24.4 Å². The molecule has 1 aliphatic rings. The van der Waals surface area contributed by atoms with Gasteiger partial charge in [0.2, 0.25) is 0 Å². The van der Waals surface area contributed by atoms with E-state index in [1.807, 2.05) is 13.0 Å². The number of hydrogen-bond donors (Lipinski definition) is 2. The summed E-state index contributed by atoms with van der Waals surface area (Å²) in [7, 11) is -3.84. The van der Waals surface area contributed by atoms with Crippen molar-refractivity contribution in [3.05, 3.63) is 59.7 Å². The van der Waals surface area contributed by atoms with Crippen LogP contribution in [0.15, 0.2) is 53.4 Å². The molecular weight excluding hydrogens is 418 g/mol. The molecule has 3 rings (SSSR count). The second-order valence-corrected chi connectivity index (χ2v) is 9.14. The number of anilines is 1. The van der Waals surface area contributed by atoms with Crippen molar-refractivity contribution in [3.63, 3.8) is 0 Å². The van der Waals surface area contributed by atoms with Gasteiger partial charge in [-0.2, -0.15) is 0 Å². The topological polar surface area (TPSA) is 105 Å². The van der Waals surface area contributed by atoms with Crippen LogP contribution in [0.2, 0.25) is 0 Å². The lowest BCUT2D eigenvalue weighted by Crippen LogP contribution is -2.49. The van der Waals surface area contributed by atoms with Gasteiger partial charge in [-0.3, -0.25) is 9.52 Å². The van der Waals surface area contributed by atoms with Gasteiger partial charge >= 0.3 is 6.09 Å². The maximum absolute atomic E-state index is 13.0. The monoisotopic (exact) mass is 445 g/mol. The lowest BCUT2D eigenvalue weighted by molar-refractivity contribution is 0.0686. The van der Waals surface area contributed by atoms with Crippen LogP contribution in [-0.2, 0) is 14.8 Å². The van der Waals surface area contributed by atoms with Gasteiger partial charge in [0.1, 0.15) is 0 Å². The second-order valence-electron chi connectivity index (χ2n) is 7.46. The average Bonchev–Trinajstić information content (AvgIpc) is 2.73. The first-order valence-electron chi connectivity index (χ1n) is 10.2. The summed E-state index contributed by atoms with van der Waals surface area (Å²) in [5, 5.41) is 2.76. The maximum atomic E-state index is 13.0. The zero-order valence-electron chi connectivity index (χ0n) is 17.6. The van der Waals surface area contributed by atoms with Crippen molar-refractivity contribution in [2.24, 2.45) is 0 Å². The smallest absolute Gasteiger partial charge is 0.407 e. The van der Waals surface area contributed by atoms with Crippen molar-refractivity contribution in [3.8, 4) is 0 Å². The fraction of sp³-hybridized carbons (Fsp3) is 0.364. The Bertz CT molecular complexity index is 1050. The molecule has 0 aliphatic carbocycles. The lowest BCUT2D eigenvalue weighted by Gasteiger charge is -2.33. The fourth-order valence-corrected chi connectivity index (χ4v) is 4.62. The van der Waals surface area contributed by atoms with Crippen LogP contribution in [0.1, 0.15) is 35.7 Å². The highest BCUT2D eigenvalue weighted by molar-refractivity contribution is 7.92. The van der Waals surface area contributed by atoms with E-state index in [-0.39, 0.29) is 29.0 Å². The molecule has 1 unspecified atom stereocenters. The first-order valence-corrected chi connectivity index (χ1v) is 11.7. The van der Waals surface area contributed by atoms with Gasteiger partial charge in [0.15, 0.2) is 0 Å². The molecule has 0 saturated carbocycles. The van der Waals surface area contributed by atoms with E-state index in [4.69, 9.17) is 4.74 Å². The van der Waals surface area contributed by atoms with E-state index in [0.29, 0.717) is 18.8 Å². The second kappa shape index (κ2) is 9.82. The summed E-state index contributed by atoms with van der Waals surface area (Å²) >= 11 is 0. The molecule has 1 atom stereocenters. The van der Waals surface area contributed by atoms with Crippen LogP contribution in [0.25, 0.3) is 0 Å².